The number of rotatable bonds is 34. The van der Waals surface area contributed by atoms with Gasteiger partial charge < -0.3 is 91.1 Å². The van der Waals surface area contributed by atoms with Crippen LogP contribution in [0.15, 0.2) is 0 Å². The lowest BCUT2D eigenvalue weighted by molar-refractivity contribution is -0.388. The van der Waals surface area contributed by atoms with Gasteiger partial charge in [-0.05, 0) is 0 Å². The highest BCUT2D eigenvalue weighted by atomic mass is 32.3. The molecule has 5 fully saturated rings. The molecule has 5 rings (SSSR count). The van der Waals surface area contributed by atoms with Crippen LogP contribution in [0, 0.1) is 0 Å². The van der Waals surface area contributed by atoms with Gasteiger partial charge in [-0.15, -0.1) is 0 Å². The van der Waals surface area contributed by atoms with Crippen LogP contribution in [0.3, 0.4) is 0 Å². The van der Waals surface area contributed by atoms with Crippen LogP contribution < -0.4 is 0 Å². The smallest absolute Gasteiger partial charge is 0.397 e. The third-order valence-electron chi connectivity index (χ3n) is 13.4. The molecule has 0 aliphatic carbocycles. The average molecular weight is 1520 g/mol. The Balaban J connectivity index is 1.62. The first kappa shape index (κ1) is 81.0. The van der Waals surface area contributed by atoms with Crippen LogP contribution in [0.5, 0.6) is 0 Å². The van der Waals surface area contributed by atoms with Crippen molar-refractivity contribution >= 4 is 84.7 Å². The van der Waals surface area contributed by atoms with Crippen LogP contribution in [0.25, 0.3) is 0 Å². The summed E-state index contributed by atoms with van der Waals surface area (Å²) in [4.78, 5) is 26.5. The fourth-order valence-electron chi connectivity index (χ4n) is 10.0. The highest BCUT2D eigenvalue weighted by Crippen LogP contribution is 2.41. The lowest BCUT2D eigenvalue weighted by atomic mass is 9.94. The number of ether oxygens (including phenoxy) is 16. The summed E-state index contributed by atoms with van der Waals surface area (Å²) in [5.74, 6) is -4.31. The standard InChI is InChI=1S/C37H62O49S7/c1-64-14-11(8-71-87(43,44)45)75-34(27(68-5)17(14)65-2)79-20-18(66-3)28(69-6)36(81-24(20)31(38)39)78-16-13(10-73-89(49,50)51)76-37(30(86-93(61,62)63)23(16)84-91(55,56)57)80-21-19(67-4)29(70-7)35(82-25(21)32(40)41)77-15-12(9-72-88(46,47)48)74-33(42)26(85-92(58,59)60)22(15)83-90(52,53)54/h11-30,33-37,42H,8-10H2,1-7H3,(H,38,39)(H,40,41)(H,43,44,45)(H,46,47,48)(H,49,50,51)(H,52,53,54)(H,55,56,57)(H,58,59,60)(H,61,62,63). The zero-order chi connectivity index (χ0) is 70.5. The molecule has 0 aromatic heterocycles. The molecule has 93 heavy (non-hydrogen) atoms. The van der Waals surface area contributed by atoms with Gasteiger partial charge in [0.1, 0.15) is 97.7 Å². The van der Waals surface area contributed by atoms with Crippen molar-refractivity contribution in [2.24, 2.45) is 0 Å². The highest BCUT2D eigenvalue weighted by molar-refractivity contribution is 7.82. The summed E-state index contributed by atoms with van der Waals surface area (Å²) in [6, 6.07) is 0. The van der Waals surface area contributed by atoms with Gasteiger partial charge in [0.15, 0.2) is 55.9 Å². The molecule has 5 heterocycles. The summed E-state index contributed by atoms with van der Waals surface area (Å²) in [6.45, 7) is -4.42. The monoisotopic (exact) mass is 1510 g/mol. The molecule has 25 atom stereocenters. The van der Waals surface area contributed by atoms with E-state index in [1.54, 1.807) is 0 Å². The lowest BCUT2D eigenvalue weighted by Crippen LogP contribution is -2.70. The van der Waals surface area contributed by atoms with E-state index in [0.717, 1.165) is 35.5 Å². The molecular formula is C37H62O49S7. The van der Waals surface area contributed by atoms with E-state index in [0.29, 0.717) is 14.2 Å². The minimum absolute atomic E-state index is 0.691. The van der Waals surface area contributed by atoms with E-state index in [2.05, 4.69) is 20.9 Å². The Kier molecular flexibility index (Phi) is 28.4. The predicted molar refractivity (Wildman–Crippen MR) is 274 cm³/mol. The van der Waals surface area contributed by atoms with Crippen LogP contribution in [-0.4, -0.2) is 341 Å². The fraction of sp³-hybridized carbons (Fsp3) is 0.946. The number of aliphatic hydroxyl groups excluding tert-OH is 1. The zero-order valence-corrected chi connectivity index (χ0v) is 53.5. The van der Waals surface area contributed by atoms with Crippen molar-refractivity contribution in [1.29, 1.82) is 0 Å². The molecule has 5 aliphatic rings. The highest BCUT2D eigenvalue weighted by Gasteiger charge is 2.62. The molecule has 0 spiro atoms. The van der Waals surface area contributed by atoms with Crippen LogP contribution in [0.1, 0.15) is 0 Å². The van der Waals surface area contributed by atoms with Gasteiger partial charge in [-0.1, -0.05) is 0 Å². The maximum Gasteiger partial charge on any atom is 0.397 e. The number of methoxy groups -OCH3 is 7. The van der Waals surface area contributed by atoms with E-state index in [9.17, 15) is 116 Å². The van der Waals surface area contributed by atoms with E-state index >= 15 is 0 Å². The molecule has 25 unspecified atom stereocenters. The van der Waals surface area contributed by atoms with Crippen molar-refractivity contribution in [1.82, 2.24) is 0 Å². The number of carbonyl (C=O) groups is 2. The van der Waals surface area contributed by atoms with E-state index in [-0.39, 0.29) is 0 Å². The summed E-state index contributed by atoms with van der Waals surface area (Å²) < 4.78 is 359. The van der Waals surface area contributed by atoms with Gasteiger partial charge in [-0.2, -0.15) is 58.9 Å². The fourth-order valence-corrected chi connectivity index (χ4v) is 12.9. The number of hydrogen-bond acceptors (Lipinski definition) is 40. The Morgan fingerprint density at radius 2 is 0.548 bits per heavy atom. The van der Waals surface area contributed by atoms with Crippen LogP contribution in [0.4, 0.5) is 0 Å². The van der Waals surface area contributed by atoms with E-state index in [1.807, 2.05) is 0 Å². The molecule has 0 radical (unpaired) electrons. The van der Waals surface area contributed by atoms with Crippen molar-refractivity contribution < 1.29 is 221 Å². The van der Waals surface area contributed by atoms with Crippen LogP contribution in [-0.2, 0) is 187 Å². The number of aliphatic carboxylic acids is 2. The SMILES string of the molecule is COC1C(COS(=O)(=O)O)OC(OC2C(C(=O)O)OC(OC3C(COS(=O)(=O)O)OC(OC4C(C(=O)O)OC(OC5C(COS(=O)(=O)O)OC(O)C(OS(=O)(=O)O)C5OS(=O)(=O)O)C(OC)C4OC)C(OS(=O)(=O)O)C3OS(=O)(=O)O)C(OC)C2OC)C(OC)C1OC. The summed E-state index contributed by atoms with van der Waals surface area (Å²) in [7, 11) is -34.3. The quantitative estimate of drug-likeness (QED) is 0.0268. The van der Waals surface area contributed by atoms with Gasteiger partial charge >= 0.3 is 84.7 Å². The van der Waals surface area contributed by atoms with E-state index in [4.69, 9.17) is 84.2 Å². The Bertz CT molecular complexity index is 3320. The number of carboxylic acids is 2. The number of hydrogen-bond donors (Lipinski definition) is 10. The van der Waals surface area contributed by atoms with Gasteiger partial charge in [0.05, 0.1) is 19.8 Å². The first-order valence-corrected chi connectivity index (χ1v) is 34.5. The van der Waals surface area contributed by atoms with Gasteiger partial charge in [-0.3, -0.25) is 31.9 Å². The molecule has 0 bridgehead atoms. The van der Waals surface area contributed by atoms with Crippen molar-refractivity contribution in [2.45, 2.75) is 154 Å². The number of aliphatic hydroxyl groups is 1. The van der Waals surface area contributed by atoms with E-state index in [1.165, 1.54) is 0 Å². The first-order valence-electron chi connectivity index (χ1n) is 24.9. The Labute approximate surface area is 526 Å². The third kappa shape index (κ3) is 22.7. The first-order chi connectivity index (χ1) is 42.7. The minimum atomic E-state index is -6.20. The molecule has 0 aromatic carbocycles. The predicted octanol–water partition coefficient (Wildman–Crippen LogP) is -8.37. The molecule has 56 heteroatoms. The van der Waals surface area contributed by atoms with Crippen molar-refractivity contribution in [3.05, 3.63) is 0 Å². The van der Waals surface area contributed by atoms with Gasteiger partial charge in [0.25, 0.3) is 0 Å². The summed E-state index contributed by atoms with van der Waals surface area (Å²) in [6.07, 6.45) is -60.2. The van der Waals surface area contributed by atoms with Crippen molar-refractivity contribution in [3.8, 4) is 0 Å². The molecule has 5 saturated heterocycles. The Morgan fingerprint density at radius 3 is 0.849 bits per heavy atom. The van der Waals surface area contributed by atoms with E-state index < -0.39 is 258 Å². The third-order valence-corrected chi connectivity index (χ3v) is 16.6. The second kappa shape index (κ2) is 32.6. The lowest BCUT2D eigenvalue weighted by Gasteiger charge is -2.51. The van der Waals surface area contributed by atoms with Crippen molar-refractivity contribution in [2.75, 3.05) is 69.6 Å². The molecule has 10 N–H and O–H groups in total. The van der Waals surface area contributed by atoms with Gasteiger partial charge in [0.2, 0.25) is 0 Å². The molecule has 0 aromatic rings. The number of carboxylic acid groups (broad SMARTS) is 2. The molecular weight excluding hydrogens is 1450 g/mol. The van der Waals surface area contributed by atoms with Gasteiger partial charge in [0, 0.05) is 49.8 Å². The Hall–Kier alpha value is -2.65. The molecule has 0 saturated carbocycles. The largest absolute Gasteiger partial charge is 0.479 e. The normalized spacial score (nSPS) is 37.9. The molecule has 0 amide bonds. The minimum Gasteiger partial charge on any atom is -0.479 e. The summed E-state index contributed by atoms with van der Waals surface area (Å²) in [5, 5.41) is 32.0. The second-order valence-corrected chi connectivity index (χ2v) is 26.5. The summed E-state index contributed by atoms with van der Waals surface area (Å²) >= 11 is 0. The van der Waals surface area contributed by atoms with Crippen molar-refractivity contribution in [3.63, 3.8) is 0 Å². The van der Waals surface area contributed by atoms with Crippen LogP contribution >= 0.6 is 0 Å². The zero-order valence-electron chi connectivity index (χ0n) is 47.8. The topological polar surface area (TPSA) is 688 Å². The van der Waals surface area contributed by atoms with Crippen LogP contribution in [0.2, 0.25) is 0 Å². The summed E-state index contributed by atoms with van der Waals surface area (Å²) in [5.41, 5.74) is 0. The molecule has 5 aliphatic heterocycles. The Morgan fingerprint density at radius 1 is 0.301 bits per heavy atom. The molecule has 49 nitrogen and oxygen atoms in total. The maximum absolute atomic E-state index is 13.3. The maximum atomic E-state index is 13.3. The second-order valence-electron chi connectivity index (χ2n) is 19.1. The van der Waals surface area contributed by atoms with Gasteiger partial charge in [-0.25, -0.2) is 38.9 Å². The average Bonchev–Trinajstić information content (AvgIpc) is 0.765. The molecule has 546 valence electrons.